The zero-order valence-corrected chi connectivity index (χ0v) is 15.0. The number of ether oxygens (including phenoxy) is 1. The van der Waals surface area contributed by atoms with Gasteiger partial charge in [0.05, 0.1) is 10.6 Å². The molecule has 0 bridgehead atoms. The second-order valence-electron chi connectivity index (χ2n) is 5.69. The summed E-state index contributed by atoms with van der Waals surface area (Å²) in [6.45, 7) is 1.86. The molecule has 1 aliphatic rings. The van der Waals surface area contributed by atoms with E-state index in [2.05, 4.69) is 10.0 Å². The largest absolute Gasteiger partial charge is 0.478 e. The second kappa shape index (κ2) is 7.03. The number of amides is 1. The van der Waals surface area contributed by atoms with Crippen LogP contribution in [0.5, 0.6) is 5.75 Å². The van der Waals surface area contributed by atoms with Crippen LogP contribution in [0.25, 0.3) is 0 Å². The lowest BCUT2D eigenvalue weighted by Gasteiger charge is -2.25. The predicted molar refractivity (Wildman–Crippen MR) is 95.5 cm³/mol. The SMILES string of the molecule is Cc1ccc(S(=O)(=O)NCCC2Oc3ccccc3NC2=O)cc1Cl. The summed E-state index contributed by atoms with van der Waals surface area (Å²) in [5.74, 6) is 0.275. The van der Waals surface area contributed by atoms with Crippen molar-refractivity contribution in [3.63, 3.8) is 0 Å². The van der Waals surface area contributed by atoms with Crippen molar-refractivity contribution < 1.29 is 17.9 Å². The van der Waals surface area contributed by atoms with E-state index in [-0.39, 0.29) is 23.8 Å². The van der Waals surface area contributed by atoms with Gasteiger partial charge in [-0.05, 0) is 36.8 Å². The number of nitrogens with one attached hydrogen (secondary N) is 2. The van der Waals surface area contributed by atoms with E-state index < -0.39 is 16.1 Å². The van der Waals surface area contributed by atoms with Gasteiger partial charge >= 0.3 is 0 Å². The fourth-order valence-corrected chi connectivity index (χ4v) is 3.75. The Balaban J connectivity index is 1.62. The third kappa shape index (κ3) is 3.95. The van der Waals surface area contributed by atoms with E-state index in [1.807, 2.05) is 0 Å². The van der Waals surface area contributed by atoms with Crippen LogP contribution >= 0.6 is 11.6 Å². The van der Waals surface area contributed by atoms with Crippen LogP contribution in [0, 0.1) is 6.92 Å². The molecule has 1 atom stereocenters. The number of hydrogen-bond donors (Lipinski definition) is 2. The maximum absolute atomic E-state index is 12.3. The molecule has 6 nitrogen and oxygen atoms in total. The highest BCUT2D eigenvalue weighted by molar-refractivity contribution is 7.89. The smallest absolute Gasteiger partial charge is 0.265 e. The average molecular weight is 381 g/mol. The van der Waals surface area contributed by atoms with Gasteiger partial charge in [-0.25, -0.2) is 13.1 Å². The highest BCUT2D eigenvalue weighted by atomic mass is 35.5. The van der Waals surface area contributed by atoms with Crippen molar-refractivity contribution in [1.29, 1.82) is 0 Å². The van der Waals surface area contributed by atoms with Gasteiger partial charge in [-0.2, -0.15) is 0 Å². The molecule has 132 valence electrons. The maximum atomic E-state index is 12.3. The number of halogens is 1. The summed E-state index contributed by atoms with van der Waals surface area (Å²) >= 11 is 5.98. The molecule has 1 unspecified atom stereocenters. The quantitative estimate of drug-likeness (QED) is 0.835. The number of fused-ring (bicyclic) bond motifs is 1. The summed E-state index contributed by atoms with van der Waals surface area (Å²) in [4.78, 5) is 12.1. The number of para-hydroxylation sites is 2. The molecule has 3 rings (SSSR count). The average Bonchev–Trinajstić information content (AvgIpc) is 2.57. The molecule has 2 aromatic rings. The number of aryl methyl sites for hydroxylation is 1. The normalized spacial score (nSPS) is 16.7. The number of carbonyl (C=O) groups excluding carboxylic acids is 1. The van der Waals surface area contributed by atoms with Gasteiger partial charge in [-0.1, -0.05) is 29.8 Å². The number of anilines is 1. The molecular weight excluding hydrogens is 364 g/mol. The van der Waals surface area contributed by atoms with Crippen LogP contribution in [0.15, 0.2) is 47.4 Å². The number of sulfonamides is 1. The Labute approximate surface area is 151 Å². The van der Waals surface area contributed by atoms with Crippen LogP contribution in [0.4, 0.5) is 5.69 Å². The molecule has 0 spiro atoms. The molecule has 0 fully saturated rings. The fourth-order valence-electron chi connectivity index (χ4n) is 2.43. The number of benzene rings is 2. The zero-order valence-electron chi connectivity index (χ0n) is 13.5. The van der Waals surface area contributed by atoms with Crippen LogP contribution in [0.2, 0.25) is 5.02 Å². The number of rotatable bonds is 5. The van der Waals surface area contributed by atoms with Crippen molar-refractivity contribution in [3.8, 4) is 5.75 Å². The van der Waals surface area contributed by atoms with Crippen molar-refractivity contribution in [3.05, 3.63) is 53.1 Å². The molecule has 2 N–H and O–H groups in total. The standard InChI is InChI=1S/C17H17ClN2O4S/c1-11-6-7-12(10-13(11)18)25(22,23)19-9-8-16-17(21)20-14-4-2-3-5-15(14)24-16/h2-7,10,16,19H,8-9H2,1H3,(H,20,21). The summed E-state index contributed by atoms with van der Waals surface area (Å²) in [5, 5.41) is 3.13. The molecule has 0 radical (unpaired) electrons. The van der Waals surface area contributed by atoms with Gasteiger partial charge in [-0.3, -0.25) is 4.79 Å². The maximum Gasteiger partial charge on any atom is 0.265 e. The summed E-state index contributed by atoms with van der Waals surface area (Å²) in [6, 6.07) is 11.6. The van der Waals surface area contributed by atoms with E-state index in [0.29, 0.717) is 16.5 Å². The lowest BCUT2D eigenvalue weighted by Crippen LogP contribution is -2.39. The van der Waals surface area contributed by atoms with Crippen LogP contribution in [0.3, 0.4) is 0 Å². The van der Waals surface area contributed by atoms with Gasteiger partial charge in [0.2, 0.25) is 10.0 Å². The first kappa shape index (κ1) is 17.7. The highest BCUT2D eigenvalue weighted by Gasteiger charge is 2.27. The molecule has 8 heteroatoms. The molecule has 0 aromatic heterocycles. The minimum atomic E-state index is -3.70. The zero-order chi connectivity index (χ0) is 18.0. The summed E-state index contributed by atoms with van der Waals surface area (Å²) in [5.41, 5.74) is 1.41. The summed E-state index contributed by atoms with van der Waals surface area (Å²) < 4.78 is 32.7. The molecule has 1 heterocycles. The van der Waals surface area contributed by atoms with Crippen LogP contribution in [0.1, 0.15) is 12.0 Å². The molecule has 0 saturated carbocycles. The first-order valence-corrected chi connectivity index (χ1v) is 9.55. The Hall–Kier alpha value is -2.09. The predicted octanol–water partition coefficient (Wildman–Crippen LogP) is 2.72. The fraction of sp³-hybridized carbons (Fsp3) is 0.235. The van der Waals surface area contributed by atoms with E-state index in [9.17, 15) is 13.2 Å². The highest BCUT2D eigenvalue weighted by Crippen LogP contribution is 2.29. The third-order valence-corrected chi connectivity index (χ3v) is 5.72. The minimum Gasteiger partial charge on any atom is -0.478 e. The molecular formula is C17H17ClN2O4S. The summed E-state index contributed by atoms with van der Waals surface area (Å²) in [6.07, 6.45) is -0.543. The number of hydrogen-bond acceptors (Lipinski definition) is 4. The Morgan fingerprint density at radius 1 is 1.24 bits per heavy atom. The van der Waals surface area contributed by atoms with Crippen molar-refractivity contribution in [2.45, 2.75) is 24.3 Å². The van der Waals surface area contributed by atoms with Gasteiger partial charge in [0.1, 0.15) is 5.75 Å². The van der Waals surface area contributed by atoms with E-state index in [1.54, 1.807) is 37.3 Å². The third-order valence-electron chi connectivity index (χ3n) is 3.86. The van der Waals surface area contributed by atoms with Crippen molar-refractivity contribution in [2.24, 2.45) is 0 Å². The van der Waals surface area contributed by atoms with Gasteiger partial charge in [0, 0.05) is 18.0 Å². The van der Waals surface area contributed by atoms with E-state index in [0.717, 1.165) is 5.56 Å². The van der Waals surface area contributed by atoms with E-state index in [4.69, 9.17) is 16.3 Å². The summed E-state index contributed by atoms with van der Waals surface area (Å²) in [7, 11) is -3.70. The second-order valence-corrected chi connectivity index (χ2v) is 7.86. The molecule has 0 saturated heterocycles. The molecule has 2 aromatic carbocycles. The Morgan fingerprint density at radius 3 is 2.76 bits per heavy atom. The van der Waals surface area contributed by atoms with Gasteiger partial charge in [-0.15, -0.1) is 0 Å². The first-order chi connectivity index (χ1) is 11.9. The van der Waals surface area contributed by atoms with Gasteiger partial charge < -0.3 is 10.1 Å². The topological polar surface area (TPSA) is 84.5 Å². The van der Waals surface area contributed by atoms with Gasteiger partial charge in [0.15, 0.2) is 6.10 Å². The molecule has 1 aliphatic heterocycles. The first-order valence-electron chi connectivity index (χ1n) is 7.69. The lowest BCUT2D eigenvalue weighted by atomic mass is 10.2. The monoisotopic (exact) mass is 380 g/mol. The van der Waals surface area contributed by atoms with E-state index in [1.165, 1.54) is 12.1 Å². The Kier molecular flexibility index (Phi) is 4.99. The Morgan fingerprint density at radius 2 is 2.00 bits per heavy atom. The van der Waals surface area contributed by atoms with E-state index >= 15 is 0 Å². The van der Waals surface area contributed by atoms with Crippen molar-refractivity contribution in [1.82, 2.24) is 4.72 Å². The molecule has 0 aliphatic carbocycles. The molecule has 25 heavy (non-hydrogen) atoms. The van der Waals surface area contributed by atoms with Gasteiger partial charge in [0.25, 0.3) is 5.91 Å². The molecule has 1 amide bonds. The lowest BCUT2D eigenvalue weighted by molar-refractivity contribution is -0.123. The van der Waals surface area contributed by atoms with Crippen LogP contribution in [-0.2, 0) is 14.8 Å². The van der Waals surface area contributed by atoms with Crippen molar-refractivity contribution in [2.75, 3.05) is 11.9 Å². The van der Waals surface area contributed by atoms with Crippen LogP contribution < -0.4 is 14.8 Å². The minimum absolute atomic E-state index is 0.0636. The van der Waals surface area contributed by atoms with Crippen molar-refractivity contribution >= 4 is 33.2 Å². The Bertz CT molecular complexity index is 915. The van der Waals surface area contributed by atoms with Crippen LogP contribution in [-0.4, -0.2) is 27.0 Å². The number of carbonyl (C=O) groups is 1.